The zero-order chi connectivity index (χ0) is 19.4. The van der Waals surface area contributed by atoms with E-state index in [4.69, 9.17) is 11.6 Å². The summed E-state index contributed by atoms with van der Waals surface area (Å²) >= 11 is 6.12. The van der Waals surface area contributed by atoms with E-state index >= 15 is 0 Å². The molecule has 2 N–H and O–H groups in total. The number of ketones is 1. The molecule has 0 fully saturated rings. The topological polar surface area (TPSA) is 84.0 Å². The molecule has 27 heavy (non-hydrogen) atoms. The lowest BCUT2D eigenvalue weighted by molar-refractivity contribution is 0.101. The number of aryl methyl sites for hydroxylation is 1. The Morgan fingerprint density at radius 3 is 2.37 bits per heavy atom. The Hall–Kier alpha value is -3.25. The molecule has 0 saturated carbocycles. The molecule has 7 heteroatoms. The number of hydrogen-bond donors (Lipinski definition) is 2. The summed E-state index contributed by atoms with van der Waals surface area (Å²) in [6.45, 7) is 3.40. The Bertz CT molecular complexity index is 1000. The Balaban J connectivity index is 1.73. The van der Waals surface area contributed by atoms with Crippen molar-refractivity contribution in [3.63, 3.8) is 0 Å². The van der Waals surface area contributed by atoms with Crippen LogP contribution in [0, 0.1) is 6.92 Å². The fraction of sp³-hybridized carbons (Fsp3) is 0.100. The largest absolute Gasteiger partial charge is 0.324 e. The molecule has 0 atom stereocenters. The number of rotatable bonds is 5. The van der Waals surface area contributed by atoms with Crippen LogP contribution in [0.5, 0.6) is 0 Å². The molecule has 0 saturated heterocycles. The van der Waals surface area contributed by atoms with Crippen molar-refractivity contribution in [2.24, 2.45) is 0 Å². The molecular formula is C20H17ClN4O2. The average molecular weight is 381 g/mol. The first-order valence-electron chi connectivity index (χ1n) is 8.21. The molecule has 1 amide bonds. The third-order valence-corrected chi connectivity index (χ3v) is 4.27. The van der Waals surface area contributed by atoms with Crippen molar-refractivity contribution < 1.29 is 9.59 Å². The third kappa shape index (κ3) is 4.68. The molecular weight excluding hydrogens is 364 g/mol. The summed E-state index contributed by atoms with van der Waals surface area (Å²) in [6.07, 6.45) is 1.50. The van der Waals surface area contributed by atoms with Gasteiger partial charge < -0.3 is 10.6 Å². The van der Waals surface area contributed by atoms with Gasteiger partial charge in [-0.15, -0.1) is 0 Å². The van der Waals surface area contributed by atoms with Gasteiger partial charge in [-0.2, -0.15) is 0 Å². The number of nitrogens with zero attached hydrogens (tertiary/aromatic N) is 2. The van der Waals surface area contributed by atoms with Crippen molar-refractivity contribution in [2.45, 2.75) is 13.8 Å². The lowest BCUT2D eigenvalue weighted by atomic mass is 10.1. The number of aromatic nitrogens is 2. The standard InChI is InChI=1S/C20H17ClN4O2/c1-12-3-6-16(11-17(12)21)24-20-22-10-9-18(25-20)19(27)23-15-7-4-14(5-8-15)13(2)26/h3-11H,1-2H3,(H,23,27)(H,22,24,25). The van der Waals surface area contributed by atoms with Crippen LogP contribution in [-0.4, -0.2) is 21.7 Å². The average Bonchev–Trinajstić information content (AvgIpc) is 2.65. The van der Waals surface area contributed by atoms with Gasteiger partial charge in [-0.05, 0) is 61.9 Å². The first kappa shape index (κ1) is 18.5. The van der Waals surface area contributed by atoms with E-state index in [0.29, 0.717) is 16.3 Å². The van der Waals surface area contributed by atoms with E-state index in [2.05, 4.69) is 20.6 Å². The lowest BCUT2D eigenvalue weighted by Gasteiger charge is -2.08. The zero-order valence-electron chi connectivity index (χ0n) is 14.8. The summed E-state index contributed by atoms with van der Waals surface area (Å²) in [7, 11) is 0. The van der Waals surface area contributed by atoms with Crippen LogP contribution in [0.1, 0.15) is 33.3 Å². The van der Waals surface area contributed by atoms with Crippen LogP contribution in [0.4, 0.5) is 17.3 Å². The fourth-order valence-electron chi connectivity index (χ4n) is 2.33. The Morgan fingerprint density at radius 1 is 1.00 bits per heavy atom. The number of halogens is 1. The molecule has 0 spiro atoms. The van der Waals surface area contributed by atoms with Crippen molar-refractivity contribution in [3.8, 4) is 0 Å². The van der Waals surface area contributed by atoms with Gasteiger partial charge in [-0.3, -0.25) is 9.59 Å². The minimum absolute atomic E-state index is 0.0318. The van der Waals surface area contributed by atoms with Crippen LogP contribution in [0.15, 0.2) is 54.7 Å². The van der Waals surface area contributed by atoms with Gasteiger partial charge in [0.25, 0.3) is 5.91 Å². The number of carbonyl (C=O) groups excluding carboxylic acids is 2. The molecule has 3 rings (SSSR count). The Kier molecular flexibility index (Phi) is 5.47. The molecule has 136 valence electrons. The first-order chi connectivity index (χ1) is 12.9. The normalized spacial score (nSPS) is 10.3. The summed E-state index contributed by atoms with van der Waals surface area (Å²) in [5.41, 5.74) is 3.05. The summed E-state index contributed by atoms with van der Waals surface area (Å²) in [5.74, 6) is -0.122. The van der Waals surface area contributed by atoms with Gasteiger partial charge in [0.2, 0.25) is 5.95 Å². The zero-order valence-corrected chi connectivity index (χ0v) is 15.5. The number of hydrogen-bond acceptors (Lipinski definition) is 5. The maximum absolute atomic E-state index is 12.4. The van der Waals surface area contributed by atoms with E-state index in [0.717, 1.165) is 11.3 Å². The van der Waals surface area contributed by atoms with Crippen molar-refractivity contribution in [1.82, 2.24) is 9.97 Å². The molecule has 1 aromatic heterocycles. The second kappa shape index (κ2) is 7.97. The van der Waals surface area contributed by atoms with Crippen molar-refractivity contribution in [1.29, 1.82) is 0 Å². The van der Waals surface area contributed by atoms with Gasteiger partial charge in [-0.1, -0.05) is 17.7 Å². The number of benzene rings is 2. The summed E-state index contributed by atoms with van der Waals surface area (Å²) in [5, 5.41) is 6.40. The molecule has 0 aliphatic rings. The van der Waals surface area contributed by atoms with Gasteiger partial charge in [0, 0.05) is 28.2 Å². The smallest absolute Gasteiger partial charge is 0.274 e. The highest BCUT2D eigenvalue weighted by Gasteiger charge is 2.10. The highest BCUT2D eigenvalue weighted by atomic mass is 35.5. The molecule has 0 aliphatic carbocycles. The number of anilines is 3. The van der Waals surface area contributed by atoms with E-state index < -0.39 is 0 Å². The fourth-order valence-corrected chi connectivity index (χ4v) is 2.51. The molecule has 6 nitrogen and oxygen atoms in total. The van der Waals surface area contributed by atoms with E-state index in [1.165, 1.54) is 19.2 Å². The maximum atomic E-state index is 12.4. The van der Waals surface area contributed by atoms with Crippen LogP contribution in [-0.2, 0) is 0 Å². The second-order valence-electron chi connectivity index (χ2n) is 5.94. The van der Waals surface area contributed by atoms with Crippen LogP contribution < -0.4 is 10.6 Å². The van der Waals surface area contributed by atoms with Crippen molar-refractivity contribution >= 4 is 40.6 Å². The maximum Gasteiger partial charge on any atom is 0.274 e. The molecule has 0 bridgehead atoms. The Labute approximate surface area is 161 Å². The van der Waals surface area contributed by atoms with E-state index in [1.54, 1.807) is 30.3 Å². The number of Topliss-reactive ketones (excluding diaryl/α,β-unsaturated/α-hetero) is 1. The monoisotopic (exact) mass is 380 g/mol. The number of amides is 1. The first-order valence-corrected chi connectivity index (χ1v) is 8.59. The predicted molar refractivity (Wildman–Crippen MR) is 106 cm³/mol. The van der Waals surface area contributed by atoms with E-state index in [9.17, 15) is 9.59 Å². The minimum atomic E-state index is -0.377. The Morgan fingerprint density at radius 2 is 1.70 bits per heavy atom. The SMILES string of the molecule is CC(=O)c1ccc(NC(=O)c2ccnc(Nc3ccc(C)c(Cl)c3)n2)cc1. The van der Waals surface area contributed by atoms with Gasteiger partial charge in [-0.25, -0.2) is 9.97 Å². The van der Waals surface area contributed by atoms with Gasteiger partial charge in [0.1, 0.15) is 5.69 Å². The molecule has 1 heterocycles. The molecule has 2 aromatic carbocycles. The number of carbonyl (C=O) groups is 2. The predicted octanol–water partition coefficient (Wildman–Crippen LogP) is 4.64. The molecule has 0 radical (unpaired) electrons. The van der Waals surface area contributed by atoms with Crippen LogP contribution >= 0.6 is 11.6 Å². The van der Waals surface area contributed by atoms with Crippen LogP contribution in [0.3, 0.4) is 0 Å². The van der Waals surface area contributed by atoms with Gasteiger partial charge >= 0.3 is 0 Å². The molecule has 0 aliphatic heterocycles. The molecule has 0 unspecified atom stereocenters. The van der Waals surface area contributed by atoms with Gasteiger partial charge in [0.05, 0.1) is 0 Å². The van der Waals surface area contributed by atoms with Crippen LogP contribution in [0.2, 0.25) is 5.02 Å². The third-order valence-electron chi connectivity index (χ3n) is 3.87. The summed E-state index contributed by atoms with van der Waals surface area (Å²) in [4.78, 5) is 32.1. The number of nitrogens with one attached hydrogen (secondary N) is 2. The van der Waals surface area contributed by atoms with Gasteiger partial charge in [0.15, 0.2) is 5.78 Å². The summed E-state index contributed by atoms with van der Waals surface area (Å²) in [6, 6.07) is 13.7. The summed E-state index contributed by atoms with van der Waals surface area (Å²) < 4.78 is 0. The van der Waals surface area contributed by atoms with E-state index in [-0.39, 0.29) is 23.3 Å². The lowest BCUT2D eigenvalue weighted by Crippen LogP contribution is -2.14. The minimum Gasteiger partial charge on any atom is -0.324 e. The van der Waals surface area contributed by atoms with Crippen LogP contribution in [0.25, 0.3) is 0 Å². The molecule has 3 aromatic rings. The van der Waals surface area contributed by atoms with Crippen molar-refractivity contribution in [2.75, 3.05) is 10.6 Å². The second-order valence-corrected chi connectivity index (χ2v) is 6.35. The van der Waals surface area contributed by atoms with Crippen molar-refractivity contribution in [3.05, 3.63) is 76.6 Å². The highest BCUT2D eigenvalue weighted by molar-refractivity contribution is 6.31. The van der Waals surface area contributed by atoms with E-state index in [1.807, 2.05) is 19.1 Å². The highest BCUT2D eigenvalue weighted by Crippen LogP contribution is 2.22. The quantitative estimate of drug-likeness (QED) is 0.630.